The van der Waals surface area contributed by atoms with Crippen LogP contribution in [0.4, 0.5) is 0 Å². The van der Waals surface area contributed by atoms with E-state index in [-0.39, 0.29) is 6.04 Å². The quantitative estimate of drug-likeness (QED) is 0.847. The molecule has 0 aromatic carbocycles. The molecule has 2 fully saturated rings. The van der Waals surface area contributed by atoms with Gasteiger partial charge in [0.05, 0.1) is 5.75 Å². The van der Waals surface area contributed by atoms with Gasteiger partial charge in [-0.05, 0) is 51.1 Å². The first-order valence-corrected chi connectivity index (χ1v) is 8.94. The lowest BCUT2D eigenvalue weighted by molar-refractivity contribution is 0.244. The van der Waals surface area contributed by atoms with Crippen molar-refractivity contribution in [1.29, 1.82) is 0 Å². The van der Waals surface area contributed by atoms with Gasteiger partial charge >= 0.3 is 0 Å². The van der Waals surface area contributed by atoms with Crippen molar-refractivity contribution >= 4 is 10.0 Å². The molecule has 4 nitrogen and oxygen atoms in total. The summed E-state index contributed by atoms with van der Waals surface area (Å²) in [6.45, 7) is 4.74. The van der Waals surface area contributed by atoms with E-state index in [1.54, 1.807) is 4.31 Å². The Kier molecular flexibility index (Phi) is 5.04. The van der Waals surface area contributed by atoms with Crippen molar-refractivity contribution in [3.63, 3.8) is 0 Å². The molecule has 0 saturated carbocycles. The molecular weight excluding hydrogens is 248 g/mol. The zero-order valence-corrected chi connectivity index (χ0v) is 12.2. The first-order chi connectivity index (χ1) is 8.63. The Balaban J connectivity index is 1.99. The smallest absolute Gasteiger partial charge is 0.214 e. The van der Waals surface area contributed by atoms with Crippen molar-refractivity contribution in [3.05, 3.63) is 0 Å². The fourth-order valence-electron chi connectivity index (χ4n) is 3.21. The minimum atomic E-state index is -3.05. The van der Waals surface area contributed by atoms with E-state index < -0.39 is 10.0 Å². The number of nitrogens with one attached hydrogen (secondary N) is 1. The highest BCUT2D eigenvalue weighted by atomic mass is 32.2. The van der Waals surface area contributed by atoms with Crippen molar-refractivity contribution < 1.29 is 8.42 Å². The summed E-state index contributed by atoms with van der Waals surface area (Å²) in [6.07, 6.45) is 6.35. The van der Waals surface area contributed by atoms with Gasteiger partial charge in [-0.2, -0.15) is 4.31 Å². The highest BCUT2D eigenvalue weighted by Crippen LogP contribution is 2.25. The first-order valence-electron chi connectivity index (χ1n) is 7.33. The Hall–Kier alpha value is -0.130. The van der Waals surface area contributed by atoms with Gasteiger partial charge in [-0.25, -0.2) is 8.42 Å². The molecule has 2 aliphatic heterocycles. The Labute approximate surface area is 111 Å². The van der Waals surface area contributed by atoms with E-state index in [4.69, 9.17) is 0 Å². The van der Waals surface area contributed by atoms with Gasteiger partial charge in [0.15, 0.2) is 0 Å². The number of piperidine rings is 2. The summed E-state index contributed by atoms with van der Waals surface area (Å²) in [6, 6.07) is 0.250. The van der Waals surface area contributed by atoms with Crippen LogP contribution in [0.15, 0.2) is 0 Å². The molecule has 2 unspecified atom stereocenters. The van der Waals surface area contributed by atoms with Crippen molar-refractivity contribution in [2.45, 2.75) is 51.5 Å². The number of hydrogen-bond acceptors (Lipinski definition) is 3. The SMILES string of the molecule is CCC1CCCCN1S(=O)(=O)CC1CCCNC1. The second-order valence-corrected chi connectivity index (χ2v) is 7.63. The summed E-state index contributed by atoms with van der Waals surface area (Å²) >= 11 is 0. The zero-order valence-electron chi connectivity index (χ0n) is 11.4. The van der Waals surface area contributed by atoms with Crippen LogP contribution in [0.2, 0.25) is 0 Å². The standard InChI is InChI=1S/C13H26N2O2S/c1-2-13-7-3-4-9-15(13)18(16,17)11-12-6-5-8-14-10-12/h12-14H,2-11H2,1H3. The van der Waals surface area contributed by atoms with Crippen molar-refractivity contribution in [3.8, 4) is 0 Å². The highest BCUT2D eigenvalue weighted by molar-refractivity contribution is 7.89. The second kappa shape index (κ2) is 6.35. The Morgan fingerprint density at radius 3 is 2.72 bits per heavy atom. The van der Waals surface area contributed by atoms with Gasteiger partial charge < -0.3 is 5.32 Å². The molecule has 0 aromatic heterocycles. The highest BCUT2D eigenvalue weighted by Gasteiger charge is 2.33. The average molecular weight is 274 g/mol. The van der Waals surface area contributed by atoms with E-state index in [9.17, 15) is 8.42 Å². The molecule has 2 heterocycles. The number of nitrogens with zero attached hydrogens (tertiary/aromatic N) is 1. The van der Waals surface area contributed by atoms with Gasteiger partial charge in [0.1, 0.15) is 0 Å². The van der Waals surface area contributed by atoms with E-state index in [0.717, 1.165) is 51.7 Å². The van der Waals surface area contributed by atoms with Gasteiger partial charge in [0, 0.05) is 12.6 Å². The van der Waals surface area contributed by atoms with Crippen molar-refractivity contribution in [1.82, 2.24) is 9.62 Å². The van der Waals surface area contributed by atoms with E-state index in [1.165, 1.54) is 6.42 Å². The molecule has 2 atom stereocenters. The summed E-state index contributed by atoms with van der Waals surface area (Å²) in [5, 5.41) is 3.30. The lowest BCUT2D eigenvalue weighted by Gasteiger charge is -2.35. The third-order valence-electron chi connectivity index (χ3n) is 4.25. The van der Waals surface area contributed by atoms with Gasteiger partial charge in [0.2, 0.25) is 10.0 Å². The summed E-state index contributed by atoms with van der Waals surface area (Å²) in [7, 11) is -3.05. The van der Waals surface area contributed by atoms with Crippen LogP contribution in [0.3, 0.4) is 0 Å². The minimum absolute atomic E-state index is 0.250. The molecule has 2 rings (SSSR count). The molecule has 0 aromatic rings. The molecule has 0 radical (unpaired) electrons. The average Bonchev–Trinajstić information content (AvgIpc) is 2.39. The third kappa shape index (κ3) is 3.45. The second-order valence-electron chi connectivity index (χ2n) is 5.66. The summed E-state index contributed by atoms with van der Waals surface area (Å²) in [5.41, 5.74) is 0. The van der Waals surface area contributed by atoms with E-state index >= 15 is 0 Å². The van der Waals surface area contributed by atoms with Gasteiger partial charge in [0.25, 0.3) is 0 Å². The molecule has 5 heteroatoms. The largest absolute Gasteiger partial charge is 0.316 e. The van der Waals surface area contributed by atoms with Gasteiger partial charge in [-0.1, -0.05) is 13.3 Å². The van der Waals surface area contributed by atoms with Crippen LogP contribution in [0, 0.1) is 5.92 Å². The maximum Gasteiger partial charge on any atom is 0.214 e. The lowest BCUT2D eigenvalue weighted by atomic mass is 10.0. The molecule has 0 bridgehead atoms. The zero-order chi connectivity index (χ0) is 13.0. The predicted molar refractivity (Wildman–Crippen MR) is 74.0 cm³/mol. The Bertz CT molecular complexity index is 350. The Morgan fingerprint density at radius 2 is 2.06 bits per heavy atom. The molecule has 1 N–H and O–H groups in total. The maximum atomic E-state index is 12.5. The molecular formula is C13H26N2O2S. The molecule has 2 aliphatic rings. The van der Waals surface area contributed by atoms with Crippen LogP contribution in [-0.2, 0) is 10.0 Å². The number of hydrogen-bond donors (Lipinski definition) is 1. The third-order valence-corrected chi connectivity index (χ3v) is 6.33. The normalized spacial score (nSPS) is 31.4. The van der Waals surface area contributed by atoms with Crippen LogP contribution in [0.5, 0.6) is 0 Å². The van der Waals surface area contributed by atoms with Crippen LogP contribution < -0.4 is 5.32 Å². The lowest BCUT2D eigenvalue weighted by Crippen LogP contribution is -2.46. The Morgan fingerprint density at radius 1 is 1.22 bits per heavy atom. The van der Waals surface area contributed by atoms with Crippen molar-refractivity contribution in [2.24, 2.45) is 5.92 Å². The number of rotatable bonds is 4. The van der Waals surface area contributed by atoms with Crippen molar-refractivity contribution in [2.75, 3.05) is 25.4 Å². The molecule has 0 amide bonds. The fourth-order valence-corrected chi connectivity index (χ4v) is 5.40. The maximum absolute atomic E-state index is 12.5. The summed E-state index contributed by atoms with van der Waals surface area (Å²) in [4.78, 5) is 0. The molecule has 106 valence electrons. The monoisotopic (exact) mass is 274 g/mol. The predicted octanol–water partition coefficient (Wildman–Crippen LogP) is 1.58. The van der Waals surface area contributed by atoms with Crippen LogP contribution in [-0.4, -0.2) is 44.2 Å². The fraction of sp³-hybridized carbons (Fsp3) is 1.00. The first kappa shape index (κ1) is 14.3. The summed E-state index contributed by atoms with van der Waals surface area (Å²) < 4.78 is 26.8. The van der Waals surface area contributed by atoms with E-state index in [0.29, 0.717) is 11.7 Å². The topological polar surface area (TPSA) is 49.4 Å². The van der Waals surface area contributed by atoms with Crippen LogP contribution >= 0.6 is 0 Å². The molecule has 0 spiro atoms. The van der Waals surface area contributed by atoms with E-state index in [2.05, 4.69) is 12.2 Å². The molecule has 2 saturated heterocycles. The van der Waals surface area contributed by atoms with Crippen LogP contribution in [0.1, 0.15) is 45.4 Å². The summed E-state index contributed by atoms with van der Waals surface area (Å²) in [5.74, 6) is 0.652. The van der Waals surface area contributed by atoms with Gasteiger partial charge in [-0.15, -0.1) is 0 Å². The van der Waals surface area contributed by atoms with Gasteiger partial charge in [-0.3, -0.25) is 0 Å². The number of sulfonamides is 1. The molecule has 0 aliphatic carbocycles. The molecule has 18 heavy (non-hydrogen) atoms. The minimum Gasteiger partial charge on any atom is -0.316 e. The van der Waals surface area contributed by atoms with Crippen LogP contribution in [0.25, 0.3) is 0 Å². The van der Waals surface area contributed by atoms with E-state index in [1.807, 2.05) is 0 Å².